The Balaban J connectivity index is 1.94. The van der Waals surface area contributed by atoms with E-state index in [0.29, 0.717) is 6.04 Å². The molecule has 4 nitrogen and oxygen atoms in total. The summed E-state index contributed by atoms with van der Waals surface area (Å²) in [5, 5.41) is 0. The lowest BCUT2D eigenvalue weighted by Crippen LogP contribution is -2.55. The number of likely N-dealkylation sites (tertiary alicyclic amines) is 1. The number of hydrogen-bond acceptors (Lipinski definition) is 3. The lowest BCUT2D eigenvalue weighted by Gasteiger charge is -2.36. The molecule has 2 N–H and O–H groups in total. The van der Waals surface area contributed by atoms with E-state index in [1.165, 1.54) is 0 Å². The van der Waals surface area contributed by atoms with Crippen molar-refractivity contribution in [1.29, 1.82) is 0 Å². The Hall–Kier alpha value is -0.870. The molecule has 1 fully saturated rings. The van der Waals surface area contributed by atoms with Crippen LogP contribution in [0.4, 0.5) is 0 Å². The van der Waals surface area contributed by atoms with E-state index in [2.05, 4.69) is 21.4 Å². The van der Waals surface area contributed by atoms with Crippen LogP contribution in [0.25, 0.3) is 0 Å². The van der Waals surface area contributed by atoms with Crippen molar-refractivity contribution in [2.45, 2.75) is 26.1 Å². The van der Waals surface area contributed by atoms with E-state index in [4.69, 9.17) is 5.73 Å². The minimum atomic E-state index is 0.380. The Morgan fingerprint density at radius 3 is 3.00 bits per heavy atom. The summed E-state index contributed by atoms with van der Waals surface area (Å²) >= 11 is 0. The fraction of sp³-hybridized carbons (Fsp3) is 0.667. The van der Waals surface area contributed by atoms with Gasteiger partial charge in [-0.15, -0.1) is 0 Å². The summed E-state index contributed by atoms with van der Waals surface area (Å²) in [6.45, 7) is 6.09. The summed E-state index contributed by atoms with van der Waals surface area (Å²) in [6.07, 6.45) is 3.88. The Bertz CT molecular complexity index is 275. The molecule has 4 heteroatoms. The maximum Gasteiger partial charge on any atom is 0.122 e. The Morgan fingerprint density at radius 1 is 1.62 bits per heavy atom. The van der Waals surface area contributed by atoms with Crippen LogP contribution in [0.1, 0.15) is 12.7 Å². The second-order valence-corrected chi connectivity index (χ2v) is 3.58. The van der Waals surface area contributed by atoms with Crippen LogP contribution in [-0.4, -0.2) is 33.6 Å². The molecule has 1 aromatic rings. The summed E-state index contributed by atoms with van der Waals surface area (Å²) in [6, 6.07) is 0.380. The molecular formula is C9H16N4. The zero-order chi connectivity index (χ0) is 9.26. The van der Waals surface area contributed by atoms with E-state index in [-0.39, 0.29) is 0 Å². The molecule has 0 spiro atoms. The van der Waals surface area contributed by atoms with Gasteiger partial charge in [-0.1, -0.05) is 0 Å². The van der Waals surface area contributed by atoms with Gasteiger partial charge in [0.25, 0.3) is 0 Å². The summed E-state index contributed by atoms with van der Waals surface area (Å²) in [4.78, 5) is 6.63. The van der Waals surface area contributed by atoms with Crippen LogP contribution >= 0.6 is 0 Å². The third-order valence-electron chi connectivity index (χ3n) is 2.49. The quantitative estimate of drug-likeness (QED) is 0.714. The standard InChI is InChI=1S/C9H16N4/c1-2-13-4-3-11-9(13)7-12-5-8(10)6-12/h3-4,8H,2,5-7,10H2,1H3. The number of rotatable bonds is 3. The second kappa shape index (κ2) is 3.47. The minimum Gasteiger partial charge on any atom is -0.334 e. The number of nitrogens with zero attached hydrogens (tertiary/aromatic N) is 3. The fourth-order valence-corrected chi connectivity index (χ4v) is 1.72. The van der Waals surface area contributed by atoms with E-state index in [9.17, 15) is 0 Å². The van der Waals surface area contributed by atoms with Crippen molar-refractivity contribution in [3.63, 3.8) is 0 Å². The molecule has 2 heterocycles. The van der Waals surface area contributed by atoms with E-state index < -0.39 is 0 Å². The molecule has 0 atom stereocenters. The zero-order valence-corrected chi connectivity index (χ0v) is 7.98. The topological polar surface area (TPSA) is 47.1 Å². The van der Waals surface area contributed by atoms with Gasteiger partial charge in [-0.2, -0.15) is 0 Å². The predicted octanol–water partition coefficient (Wildman–Crippen LogP) is 0.0459. The van der Waals surface area contributed by atoms with E-state index in [0.717, 1.165) is 32.0 Å². The molecule has 0 bridgehead atoms. The molecule has 13 heavy (non-hydrogen) atoms. The monoisotopic (exact) mass is 180 g/mol. The van der Waals surface area contributed by atoms with Crippen LogP contribution in [0.5, 0.6) is 0 Å². The van der Waals surface area contributed by atoms with Gasteiger partial charge >= 0.3 is 0 Å². The van der Waals surface area contributed by atoms with Gasteiger partial charge in [0, 0.05) is 38.1 Å². The van der Waals surface area contributed by atoms with Gasteiger partial charge in [0.2, 0.25) is 0 Å². The molecule has 1 aromatic heterocycles. The highest BCUT2D eigenvalue weighted by molar-refractivity contribution is 4.95. The summed E-state index contributed by atoms with van der Waals surface area (Å²) in [5.41, 5.74) is 5.70. The lowest BCUT2D eigenvalue weighted by atomic mass is 10.1. The highest BCUT2D eigenvalue weighted by Gasteiger charge is 2.23. The van der Waals surface area contributed by atoms with Gasteiger partial charge in [-0.05, 0) is 6.92 Å². The first-order valence-electron chi connectivity index (χ1n) is 4.77. The average molecular weight is 180 g/mol. The second-order valence-electron chi connectivity index (χ2n) is 3.58. The molecule has 0 unspecified atom stereocenters. The predicted molar refractivity (Wildman–Crippen MR) is 51.2 cm³/mol. The highest BCUT2D eigenvalue weighted by Crippen LogP contribution is 2.10. The van der Waals surface area contributed by atoms with Crippen molar-refractivity contribution in [2.75, 3.05) is 13.1 Å². The van der Waals surface area contributed by atoms with E-state index >= 15 is 0 Å². The summed E-state index contributed by atoms with van der Waals surface area (Å²) in [7, 11) is 0. The largest absolute Gasteiger partial charge is 0.334 e. The zero-order valence-electron chi connectivity index (χ0n) is 7.98. The maximum atomic E-state index is 5.70. The average Bonchev–Trinajstić information content (AvgIpc) is 2.49. The number of nitrogens with two attached hydrogens (primary N) is 1. The van der Waals surface area contributed by atoms with Gasteiger partial charge in [-0.3, -0.25) is 4.90 Å². The lowest BCUT2D eigenvalue weighted by molar-refractivity contribution is 0.137. The van der Waals surface area contributed by atoms with Gasteiger partial charge in [0.15, 0.2) is 0 Å². The van der Waals surface area contributed by atoms with Gasteiger partial charge in [-0.25, -0.2) is 4.98 Å². The Kier molecular flexibility index (Phi) is 2.33. The number of aromatic nitrogens is 2. The summed E-state index contributed by atoms with van der Waals surface area (Å²) < 4.78 is 2.17. The third-order valence-corrected chi connectivity index (χ3v) is 2.49. The van der Waals surface area contributed by atoms with Crippen LogP contribution < -0.4 is 5.73 Å². The van der Waals surface area contributed by atoms with E-state index in [1.54, 1.807) is 0 Å². The number of aryl methyl sites for hydroxylation is 1. The number of imidazole rings is 1. The molecule has 1 aliphatic rings. The molecule has 0 amide bonds. The first-order valence-corrected chi connectivity index (χ1v) is 4.77. The highest BCUT2D eigenvalue weighted by atomic mass is 15.2. The molecule has 1 aliphatic heterocycles. The van der Waals surface area contributed by atoms with Crippen molar-refractivity contribution < 1.29 is 0 Å². The third kappa shape index (κ3) is 1.73. The normalized spacial score (nSPS) is 18.9. The molecule has 0 aromatic carbocycles. The SMILES string of the molecule is CCn1ccnc1CN1CC(N)C1. The fourth-order valence-electron chi connectivity index (χ4n) is 1.72. The molecular weight excluding hydrogens is 164 g/mol. The Morgan fingerprint density at radius 2 is 2.38 bits per heavy atom. The Labute approximate surface area is 78.4 Å². The van der Waals surface area contributed by atoms with Crippen molar-refractivity contribution in [3.8, 4) is 0 Å². The van der Waals surface area contributed by atoms with Crippen LogP contribution in [0.15, 0.2) is 12.4 Å². The van der Waals surface area contributed by atoms with Crippen LogP contribution in [0.2, 0.25) is 0 Å². The molecule has 0 radical (unpaired) electrons. The molecule has 1 saturated heterocycles. The maximum absolute atomic E-state index is 5.70. The summed E-state index contributed by atoms with van der Waals surface area (Å²) in [5.74, 6) is 1.15. The molecule has 0 saturated carbocycles. The molecule has 2 rings (SSSR count). The van der Waals surface area contributed by atoms with Crippen molar-refractivity contribution in [3.05, 3.63) is 18.2 Å². The van der Waals surface area contributed by atoms with Crippen LogP contribution in [-0.2, 0) is 13.1 Å². The smallest absolute Gasteiger partial charge is 0.122 e. The first-order chi connectivity index (χ1) is 6.29. The van der Waals surface area contributed by atoms with Gasteiger partial charge < -0.3 is 10.3 Å². The van der Waals surface area contributed by atoms with Gasteiger partial charge in [0.05, 0.1) is 6.54 Å². The minimum absolute atomic E-state index is 0.380. The van der Waals surface area contributed by atoms with E-state index in [1.807, 2.05) is 12.4 Å². The van der Waals surface area contributed by atoms with Crippen molar-refractivity contribution >= 4 is 0 Å². The molecule has 72 valence electrons. The number of hydrogen-bond donors (Lipinski definition) is 1. The molecule has 0 aliphatic carbocycles. The van der Waals surface area contributed by atoms with Crippen LogP contribution in [0, 0.1) is 0 Å². The van der Waals surface area contributed by atoms with Crippen LogP contribution in [0.3, 0.4) is 0 Å². The van der Waals surface area contributed by atoms with Gasteiger partial charge in [0.1, 0.15) is 5.82 Å². The first kappa shape index (κ1) is 8.72. The van der Waals surface area contributed by atoms with Crippen molar-refractivity contribution in [1.82, 2.24) is 14.5 Å². The van der Waals surface area contributed by atoms with Crippen molar-refractivity contribution in [2.24, 2.45) is 5.73 Å².